The Balaban J connectivity index is 1.72. The van der Waals surface area contributed by atoms with E-state index < -0.39 is 0 Å². The first kappa shape index (κ1) is 17.1. The van der Waals surface area contributed by atoms with Crippen molar-refractivity contribution in [3.8, 4) is 5.69 Å². The smallest absolute Gasteiger partial charge is 0.273 e. The highest BCUT2D eigenvalue weighted by Gasteiger charge is 2.26. The zero-order valence-electron chi connectivity index (χ0n) is 14.7. The van der Waals surface area contributed by atoms with E-state index in [9.17, 15) is 9.59 Å². The third-order valence-corrected chi connectivity index (χ3v) is 4.07. The quantitative estimate of drug-likeness (QED) is 0.839. The first-order chi connectivity index (χ1) is 12.0. The lowest BCUT2D eigenvalue weighted by Gasteiger charge is -2.08. The molecule has 1 fully saturated rings. The van der Waals surface area contributed by atoms with Crippen molar-refractivity contribution in [2.45, 2.75) is 39.7 Å². The van der Waals surface area contributed by atoms with Gasteiger partial charge in [0.1, 0.15) is 0 Å². The highest BCUT2D eigenvalue weighted by molar-refractivity contribution is 5.94. The zero-order chi connectivity index (χ0) is 18.0. The number of carbonyl (C=O) groups is 2. The van der Waals surface area contributed by atoms with Crippen molar-refractivity contribution in [1.29, 1.82) is 0 Å². The Morgan fingerprint density at radius 3 is 2.48 bits per heavy atom. The molecule has 3 rings (SSSR count). The molecule has 0 saturated heterocycles. The third-order valence-electron chi connectivity index (χ3n) is 4.07. The van der Waals surface area contributed by atoms with E-state index in [0.29, 0.717) is 29.4 Å². The lowest BCUT2D eigenvalue weighted by atomic mass is 10.1. The topological polar surface area (TPSA) is 88.9 Å². The molecule has 2 aromatic rings. The van der Waals surface area contributed by atoms with Crippen molar-refractivity contribution in [2.75, 3.05) is 6.54 Å². The summed E-state index contributed by atoms with van der Waals surface area (Å²) in [4.78, 5) is 24.2. The molecule has 132 valence electrons. The van der Waals surface area contributed by atoms with E-state index in [1.54, 1.807) is 28.9 Å². The van der Waals surface area contributed by atoms with Gasteiger partial charge >= 0.3 is 0 Å². The lowest BCUT2D eigenvalue weighted by Crippen LogP contribution is -2.27. The van der Waals surface area contributed by atoms with E-state index in [4.69, 9.17) is 0 Å². The van der Waals surface area contributed by atoms with Crippen molar-refractivity contribution in [3.05, 3.63) is 41.2 Å². The summed E-state index contributed by atoms with van der Waals surface area (Å²) in [5, 5.41) is 13.9. The van der Waals surface area contributed by atoms with Crippen molar-refractivity contribution in [1.82, 2.24) is 25.6 Å². The fourth-order valence-electron chi connectivity index (χ4n) is 2.42. The molecule has 0 aliphatic heterocycles. The molecule has 7 heteroatoms. The Kier molecular flexibility index (Phi) is 4.83. The van der Waals surface area contributed by atoms with E-state index >= 15 is 0 Å². The summed E-state index contributed by atoms with van der Waals surface area (Å²) in [6.45, 7) is 6.55. The van der Waals surface area contributed by atoms with E-state index in [2.05, 4.69) is 20.9 Å². The van der Waals surface area contributed by atoms with Crippen LogP contribution in [0, 0.1) is 12.8 Å². The number of nitrogens with one attached hydrogen (secondary N) is 2. The van der Waals surface area contributed by atoms with Gasteiger partial charge in [0.15, 0.2) is 5.69 Å². The largest absolute Gasteiger partial charge is 0.352 e. The monoisotopic (exact) mass is 341 g/mol. The van der Waals surface area contributed by atoms with Crippen LogP contribution in [0.15, 0.2) is 24.3 Å². The first-order valence-electron chi connectivity index (χ1n) is 8.57. The van der Waals surface area contributed by atoms with Crippen LogP contribution in [-0.2, 0) is 0 Å². The van der Waals surface area contributed by atoms with Crippen LogP contribution < -0.4 is 10.6 Å². The van der Waals surface area contributed by atoms with Gasteiger partial charge in [-0.2, -0.15) is 0 Å². The highest BCUT2D eigenvalue weighted by Crippen LogP contribution is 2.20. The number of rotatable bonds is 6. The lowest BCUT2D eigenvalue weighted by molar-refractivity contribution is 0.0939. The van der Waals surface area contributed by atoms with Gasteiger partial charge in [-0.25, -0.2) is 4.68 Å². The molecule has 1 aliphatic rings. The minimum absolute atomic E-state index is 0.0972. The SMILES string of the molecule is Cc1c(C(=O)NC2CC2)nnn1-c1ccc(C(=O)NCC(C)C)cc1. The standard InChI is InChI=1S/C18H23N5O2/c1-11(2)10-19-17(24)13-4-8-15(9-5-13)23-12(3)16(21-22-23)18(25)20-14-6-7-14/h4-5,8-9,11,14H,6-7,10H2,1-3H3,(H,19,24)(H,20,25). The number of nitrogens with zero attached hydrogens (tertiary/aromatic N) is 3. The molecule has 1 aliphatic carbocycles. The highest BCUT2D eigenvalue weighted by atomic mass is 16.2. The minimum atomic E-state index is -0.184. The van der Waals surface area contributed by atoms with Gasteiger partial charge in [0.05, 0.1) is 11.4 Å². The van der Waals surface area contributed by atoms with Crippen LogP contribution in [0.1, 0.15) is 53.2 Å². The molecule has 0 unspecified atom stereocenters. The van der Waals surface area contributed by atoms with E-state index in [0.717, 1.165) is 18.5 Å². The molecule has 1 aromatic carbocycles. The Labute approximate surface area is 146 Å². The minimum Gasteiger partial charge on any atom is -0.352 e. The van der Waals surface area contributed by atoms with Crippen LogP contribution in [0.25, 0.3) is 5.69 Å². The summed E-state index contributed by atoms with van der Waals surface area (Å²) in [5.74, 6) is 0.122. The summed E-state index contributed by atoms with van der Waals surface area (Å²) in [7, 11) is 0. The van der Waals surface area contributed by atoms with Gasteiger partial charge < -0.3 is 10.6 Å². The van der Waals surface area contributed by atoms with E-state index in [1.807, 2.05) is 20.8 Å². The van der Waals surface area contributed by atoms with E-state index in [1.165, 1.54) is 0 Å². The molecular weight excluding hydrogens is 318 g/mol. The normalized spacial score (nSPS) is 13.8. The summed E-state index contributed by atoms with van der Waals surface area (Å²) in [6.07, 6.45) is 2.05. The van der Waals surface area contributed by atoms with Gasteiger partial charge in [0.25, 0.3) is 11.8 Å². The second-order valence-corrected chi connectivity index (χ2v) is 6.83. The predicted octanol–water partition coefficient (Wildman–Crippen LogP) is 1.85. The van der Waals surface area contributed by atoms with Crippen molar-refractivity contribution in [2.24, 2.45) is 5.92 Å². The van der Waals surface area contributed by atoms with Gasteiger partial charge in [0, 0.05) is 18.2 Å². The Morgan fingerprint density at radius 1 is 1.20 bits per heavy atom. The second-order valence-electron chi connectivity index (χ2n) is 6.83. The summed E-state index contributed by atoms with van der Waals surface area (Å²) in [5.41, 5.74) is 2.37. The van der Waals surface area contributed by atoms with Crippen LogP contribution in [0.5, 0.6) is 0 Å². The molecule has 0 radical (unpaired) electrons. The van der Waals surface area contributed by atoms with Gasteiger partial charge in [-0.3, -0.25) is 9.59 Å². The summed E-state index contributed by atoms with van der Waals surface area (Å²) >= 11 is 0. The Hall–Kier alpha value is -2.70. The maximum atomic E-state index is 12.2. The van der Waals surface area contributed by atoms with Crippen LogP contribution in [0.2, 0.25) is 0 Å². The number of hydrogen-bond donors (Lipinski definition) is 2. The zero-order valence-corrected chi connectivity index (χ0v) is 14.7. The fourth-order valence-corrected chi connectivity index (χ4v) is 2.42. The molecule has 0 bridgehead atoms. The Morgan fingerprint density at radius 2 is 1.88 bits per heavy atom. The van der Waals surface area contributed by atoms with Crippen LogP contribution in [0.3, 0.4) is 0 Å². The molecule has 2 N–H and O–H groups in total. The number of carbonyl (C=O) groups excluding carboxylic acids is 2. The number of benzene rings is 1. The van der Waals surface area contributed by atoms with E-state index in [-0.39, 0.29) is 17.9 Å². The molecule has 25 heavy (non-hydrogen) atoms. The maximum Gasteiger partial charge on any atom is 0.273 e. The number of hydrogen-bond acceptors (Lipinski definition) is 4. The van der Waals surface area contributed by atoms with Crippen molar-refractivity contribution >= 4 is 11.8 Å². The van der Waals surface area contributed by atoms with Crippen LogP contribution in [0.4, 0.5) is 0 Å². The van der Waals surface area contributed by atoms with Crippen molar-refractivity contribution < 1.29 is 9.59 Å². The van der Waals surface area contributed by atoms with Gasteiger partial charge in [-0.1, -0.05) is 19.1 Å². The first-order valence-corrected chi connectivity index (χ1v) is 8.57. The average Bonchev–Trinajstić information content (AvgIpc) is 3.32. The molecule has 0 spiro atoms. The van der Waals surface area contributed by atoms with Gasteiger partial charge in [-0.15, -0.1) is 5.10 Å². The van der Waals surface area contributed by atoms with Gasteiger partial charge in [0.2, 0.25) is 0 Å². The third kappa shape index (κ3) is 4.04. The summed E-state index contributed by atoms with van der Waals surface area (Å²) < 4.78 is 1.61. The fraction of sp³-hybridized carbons (Fsp3) is 0.444. The molecule has 1 aromatic heterocycles. The maximum absolute atomic E-state index is 12.2. The van der Waals surface area contributed by atoms with Crippen LogP contribution >= 0.6 is 0 Å². The Bertz CT molecular complexity index is 775. The molecule has 1 heterocycles. The number of amides is 2. The molecule has 2 amide bonds. The second kappa shape index (κ2) is 7.04. The summed E-state index contributed by atoms with van der Waals surface area (Å²) in [6, 6.07) is 7.37. The average molecular weight is 341 g/mol. The molecular formula is C18H23N5O2. The molecule has 7 nitrogen and oxygen atoms in total. The molecule has 1 saturated carbocycles. The van der Waals surface area contributed by atoms with Gasteiger partial charge in [-0.05, 0) is 49.9 Å². The van der Waals surface area contributed by atoms with Crippen LogP contribution in [-0.4, -0.2) is 39.4 Å². The van der Waals surface area contributed by atoms with Crippen molar-refractivity contribution in [3.63, 3.8) is 0 Å². The predicted molar refractivity (Wildman–Crippen MR) is 93.8 cm³/mol. The number of aromatic nitrogens is 3. The molecule has 0 atom stereocenters.